The standard InChI is InChI=1S/C15H13N3O2S/c19-14-6-12(10-3-5-21-9-10)13-7-16-18(15(13)17-14)8-11-2-1-4-20-11/h1-5,7,9,12H,6,8H2,(H,17,19). The van der Waals surface area contributed by atoms with Crippen LogP contribution in [0.2, 0.25) is 0 Å². The first-order valence-corrected chi connectivity index (χ1v) is 7.65. The van der Waals surface area contributed by atoms with Crippen molar-refractivity contribution in [3.63, 3.8) is 0 Å². The van der Waals surface area contributed by atoms with Gasteiger partial charge < -0.3 is 9.73 Å². The van der Waals surface area contributed by atoms with Crippen LogP contribution in [-0.2, 0) is 11.3 Å². The summed E-state index contributed by atoms with van der Waals surface area (Å²) in [6.07, 6.45) is 3.95. The number of carbonyl (C=O) groups excluding carboxylic acids is 1. The van der Waals surface area contributed by atoms with Crippen molar-refractivity contribution in [3.05, 3.63) is 58.3 Å². The van der Waals surface area contributed by atoms with E-state index in [1.807, 2.05) is 23.7 Å². The maximum absolute atomic E-state index is 12.0. The van der Waals surface area contributed by atoms with Gasteiger partial charge in [0.05, 0.1) is 12.5 Å². The summed E-state index contributed by atoms with van der Waals surface area (Å²) in [5, 5.41) is 11.5. The summed E-state index contributed by atoms with van der Waals surface area (Å²) in [4.78, 5) is 12.0. The lowest BCUT2D eigenvalue weighted by molar-refractivity contribution is -0.116. The number of thiophene rings is 1. The van der Waals surface area contributed by atoms with Crippen molar-refractivity contribution in [2.45, 2.75) is 18.9 Å². The third-order valence-electron chi connectivity index (χ3n) is 3.72. The average molecular weight is 299 g/mol. The van der Waals surface area contributed by atoms with E-state index in [9.17, 15) is 4.79 Å². The third kappa shape index (κ3) is 2.17. The predicted molar refractivity (Wildman–Crippen MR) is 79.4 cm³/mol. The molecule has 0 spiro atoms. The van der Waals surface area contributed by atoms with Crippen LogP contribution in [0.25, 0.3) is 0 Å². The van der Waals surface area contributed by atoms with E-state index < -0.39 is 0 Å². The molecule has 0 aliphatic carbocycles. The van der Waals surface area contributed by atoms with Crippen LogP contribution in [-0.4, -0.2) is 15.7 Å². The topological polar surface area (TPSA) is 60.1 Å². The molecule has 0 saturated heterocycles. The molecule has 1 unspecified atom stereocenters. The first-order valence-electron chi connectivity index (χ1n) is 6.71. The molecule has 21 heavy (non-hydrogen) atoms. The zero-order valence-electron chi connectivity index (χ0n) is 11.2. The second-order valence-corrected chi connectivity index (χ2v) is 5.83. The Morgan fingerprint density at radius 1 is 1.48 bits per heavy atom. The fourth-order valence-electron chi connectivity index (χ4n) is 2.71. The van der Waals surface area contributed by atoms with Crippen LogP contribution in [0, 0.1) is 0 Å². The quantitative estimate of drug-likeness (QED) is 0.808. The molecule has 3 aromatic rings. The van der Waals surface area contributed by atoms with Gasteiger partial charge in [-0.25, -0.2) is 4.68 Å². The van der Waals surface area contributed by atoms with E-state index in [4.69, 9.17) is 4.42 Å². The summed E-state index contributed by atoms with van der Waals surface area (Å²) < 4.78 is 7.13. The van der Waals surface area contributed by atoms with E-state index in [2.05, 4.69) is 21.9 Å². The number of aromatic nitrogens is 2. The highest BCUT2D eigenvalue weighted by molar-refractivity contribution is 7.08. The molecule has 1 atom stereocenters. The van der Waals surface area contributed by atoms with Crippen molar-refractivity contribution in [3.8, 4) is 0 Å². The van der Waals surface area contributed by atoms with Crippen LogP contribution in [0.4, 0.5) is 5.82 Å². The molecule has 3 aromatic heterocycles. The highest BCUT2D eigenvalue weighted by atomic mass is 32.1. The number of hydrogen-bond donors (Lipinski definition) is 1. The number of fused-ring (bicyclic) bond motifs is 1. The van der Waals surface area contributed by atoms with E-state index >= 15 is 0 Å². The lowest BCUT2D eigenvalue weighted by Gasteiger charge is -2.22. The smallest absolute Gasteiger partial charge is 0.226 e. The number of rotatable bonds is 3. The minimum absolute atomic E-state index is 0.0277. The Morgan fingerprint density at radius 3 is 3.19 bits per heavy atom. The highest BCUT2D eigenvalue weighted by Gasteiger charge is 2.30. The number of anilines is 1. The fraction of sp³-hybridized carbons (Fsp3) is 0.200. The van der Waals surface area contributed by atoms with Crippen molar-refractivity contribution >= 4 is 23.1 Å². The molecule has 1 aliphatic rings. The van der Waals surface area contributed by atoms with Gasteiger partial charge >= 0.3 is 0 Å². The summed E-state index contributed by atoms with van der Waals surface area (Å²) >= 11 is 1.65. The summed E-state index contributed by atoms with van der Waals surface area (Å²) in [6.45, 7) is 0.513. The largest absolute Gasteiger partial charge is 0.467 e. The molecule has 0 fully saturated rings. The highest BCUT2D eigenvalue weighted by Crippen LogP contribution is 2.37. The summed E-state index contributed by atoms with van der Waals surface area (Å²) in [5.74, 6) is 1.71. The molecule has 6 heteroatoms. The molecular weight excluding hydrogens is 286 g/mol. The molecule has 4 rings (SSSR count). The maximum atomic E-state index is 12.0. The third-order valence-corrected chi connectivity index (χ3v) is 4.42. The fourth-order valence-corrected chi connectivity index (χ4v) is 3.42. The van der Waals surface area contributed by atoms with E-state index in [-0.39, 0.29) is 11.8 Å². The van der Waals surface area contributed by atoms with Crippen LogP contribution >= 0.6 is 11.3 Å². The number of nitrogens with zero attached hydrogens (tertiary/aromatic N) is 2. The van der Waals surface area contributed by atoms with Crippen molar-refractivity contribution in [2.75, 3.05) is 5.32 Å². The molecule has 1 amide bonds. The maximum Gasteiger partial charge on any atom is 0.226 e. The Labute approximate surface area is 125 Å². The number of amides is 1. The van der Waals surface area contributed by atoms with E-state index in [1.165, 1.54) is 5.56 Å². The normalized spacial score (nSPS) is 17.5. The van der Waals surface area contributed by atoms with Gasteiger partial charge in [0.1, 0.15) is 18.1 Å². The van der Waals surface area contributed by atoms with Crippen LogP contribution in [0.1, 0.15) is 29.2 Å². The number of carbonyl (C=O) groups is 1. The molecular formula is C15H13N3O2S. The van der Waals surface area contributed by atoms with Crippen LogP contribution in [0.3, 0.4) is 0 Å². The Hall–Kier alpha value is -2.34. The van der Waals surface area contributed by atoms with E-state index in [0.717, 1.165) is 17.1 Å². The molecule has 0 bridgehead atoms. The predicted octanol–water partition coefficient (Wildman–Crippen LogP) is 3.06. The molecule has 0 radical (unpaired) electrons. The SMILES string of the molecule is O=C1CC(c2ccsc2)c2cnn(Cc3ccco3)c2N1. The van der Waals surface area contributed by atoms with E-state index in [0.29, 0.717) is 13.0 Å². The van der Waals surface area contributed by atoms with Gasteiger partial charge in [-0.15, -0.1) is 0 Å². The second-order valence-electron chi connectivity index (χ2n) is 5.05. The van der Waals surface area contributed by atoms with Gasteiger partial charge in [-0.3, -0.25) is 4.79 Å². The Morgan fingerprint density at radius 2 is 2.43 bits per heavy atom. The lowest BCUT2D eigenvalue weighted by Crippen LogP contribution is -2.24. The Kier molecular flexibility index (Phi) is 2.89. The van der Waals surface area contributed by atoms with Crippen molar-refractivity contribution < 1.29 is 9.21 Å². The first kappa shape index (κ1) is 12.4. The first-order chi connectivity index (χ1) is 10.3. The minimum atomic E-state index is 0.0277. The average Bonchev–Trinajstić information content (AvgIpc) is 3.20. The molecule has 106 valence electrons. The molecule has 5 nitrogen and oxygen atoms in total. The monoisotopic (exact) mass is 299 g/mol. The second kappa shape index (κ2) is 4.89. The summed E-state index contributed by atoms with van der Waals surface area (Å²) in [5.41, 5.74) is 2.24. The Balaban J connectivity index is 1.73. The van der Waals surface area contributed by atoms with Gasteiger partial charge in [0, 0.05) is 17.9 Å². The zero-order valence-corrected chi connectivity index (χ0v) is 12.0. The molecule has 4 heterocycles. The van der Waals surface area contributed by atoms with Gasteiger partial charge in [-0.05, 0) is 34.5 Å². The van der Waals surface area contributed by atoms with E-state index in [1.54, 1.807) is 22.3 Å². The van der Waals surface area contributed by atoms with Gasteiger partial charge in [0.15, 0.2) is 0 Å². The summed E-state index contributed by atoms with van der Waals surface area (Å²) in [6, 6.07) is 5.81. The van der Waals surface area contributed by atoms with Crippen LogP contribution in [0.15, 0.2) is 45.8 Å². The molecule has 1 aliphatic heterocycles. The van der Waals surface area contributed by atoms with Gasteiger partial charge in [-0.1, -0.05) is 0 Å². The van der Waals surface area contributed by atoms with Crippen LogP contribution in [0.5, 0.6) is 0 Å². The minimum Gasteiger partial charge on any atom is -0.467 e. The van der Waals surface area contributed by atoms with Gasteiger partial charge in [0.25, 0.3) is 0 Å². The van der Waals surface area contributed by atoms with Gasteiger partial charge in [0.2, 0.25) is 5.91 Å². The van der Waals surface area contributed by atoms with Gasteiger partial charge in [-0.2, -0.15) is 16.4 Å². The molecule has 0 saturated carbocycles. The number of furan rings is 1. The number of hydrogen-bond acceptors (Lipinski definition) is 4. The molecule has 0 aromatic carbocycles. The Bertz CT molecular complexity index is 759. The van der Waals surface area contributed by atoms with Crippen LogP contribution < -0.4 is 5.32 Å². The zero-order chi connectivity index (χ0) is 14.2. The number of nitrogens with one attached hydrogen (secondary N) is 1. The van der Waals surface area contributed by atoms with Crippen molar-refractivity contribution in [1.29, 1.82) is 0 Å². The molecule has 1 N–H and O–H groups in total. The lowest BCUT2D eigenvalue weighted by atomic mass is 9.89. The van der Waals surface area contributed by atoms with Crippen molar-refractivity contribution in [2.24, 2.45) is 0 Å². The van der Waals surface area contributed by atoms with Crippen molar-refractivity contribution in [1.82, 2.24) is 9.78 Å². The summed E-state index contributed by atoms with van der Waals surface area (Å²) in [7, 11) is 0.